The van der Waals surface area contributed by atoms with Crippen molar-refractivity contribution >= 4 is 33.8 Å². The maximum absolute atomic E-state index is 13.0. The number of hydrogen-bond donors (Lipinski definition) is 2. The Kier molecular flexibility index (Phi) is 8.36. The first kappa shape index (κ1) is 25.3. The standard InChI is InChI=1S/C25H25NO6S2/c1-17-8-11-20(12-9-17)34(30,31)32-19-10-13-21(22(16-19)18-6-4-3-5-7-18)24(27)26-23(25(28)29)14-15-33-2/h3-13,16,23H,14-15H2,1-2H3,(H,26,27)(H,28,29)/t23-/m0/s1. The third-order valence-electron chi connectivity index (χ3n) is 5.05. The van der Waals surface area contributed by atoms with Gasteiger partial charge in [-0.25, -0.2) is 4.79 Å². The van der Waals surface area contributed by atoms with Crippen molar-refractivity contribution in [2.24, 2.45) is 0 Å². The lowest BCUT2D eigenvalue weighted by molar-refractivity contribution is -0.139. The zero-order valence-electron chi connectivity index (χ0n) is 18.7. The first-order valence-electron chi connectivity index (χ1n) is 10.4. The first-order valence-corrected chi connectivity index (χ1v) is 13.2. The van der Waals surface area contributed by atoms with E-state index in [1.807, 2.05) is 19.2 Å². The second kappa shape index (κ2) is 11.2. The molecule has 3 aromatic rings. The highest BCUT2D eigenvalue weighted by Crippen LogP contribution is 2.30. The van der Waals surface area contributed by atoms with Crippen LogP contribution in [0.2, 0.25) is 0 Å². The number of aryl methyl sites for hydroxylation is 1. The molecule has 0 saturated heterocycles. The first-order chi connectivity index (χ1) is 16.2. The molecule has 7 nitrogen and oxygen atoms in total. The van der Waals surface area contributed by atoms with E-state index in [0.717, 1.165) is 5.56 Å². The molecule has 1 amide bonds. The Labute approximate surface area is 203 Å². The summed E-state index contributed by atoms with van der Waals surface area (Å²) in [5.74, 6) is -1.08. The van der Waals surface area contributed by atoms with E-state index in [-0.39, 0.29) is 22.6 Å². The summed E-state index contributed by atoms with van der Waals surface area (Å²) >= 11 is 1.49. The van der Waals surface area contributed by atoms with Crippen molar-refractivity contribution in [2.75, 3.05) is 12.0 Å². The SMILES string of the molecule is CSCC[C@H](NC(=O)c1ccc(OS(=O)(=O)c2ccc(C)cc2)cc1-c1ccccc1)C(=O)O. The number of rotatable bonds is 10. The number of thioether (sulfide) groups is 1. The van der Waals surface area contributed by atoms with Crippen molar-refractivity contribution in [3.8, 4) is 16.9 Å². The summed E-state index contributed by atoms with van der Waals surface area (Å²) in [5, 5.41) is 12.0. The molecule has 0 heterocycles. The quantitative estimate of drug-likeness (QED) is 0.399. The van der Waals surface area contributed by atoms with E-state index >= 15 is 0 Å². The highest BCUT2D eigenvalue weighted by atomic mass is 32.2. The normalized spacial score (nSPS) is 12.1. The number of amides is 1. The van der Waals surface area contributed by atoms with Crippen LogP contribution in [0.4, 0.5) is 0 Å². The predicted molar refractivity (Wildman–Crippen MR) is 133 cm³/mol. The molecule has 3 rings (SSSR count). The molecule has 0 aliphatic carbocycles. The molecule has 0 aromatic heterocycles. The van der Waals surface area contributed by atoms with Gasteiger partial charge in [-0.3, -0.25) is 4.79 Å². The maximum atomic E-state index is 13.0. The molecule has 1 atom stereocenters. The Morgan fingerprint density at radius 2 is 1.71 bits per heavy atom. The van der Waals surface area contributed by atoms with Gasteiger partial charge in [-0.2, -0.15) is 20.2 Å². The molecule has 2 N–H and O–H groups in total. The second-order valence-corrected chi connectivity index (χ2v) is 10.1. The largest absolute Gasteiger partial charge is 0.480 e. The fourth-order valence-corrected chi connectivity index (χ4v) is 4.63. The summed E-state index contributed by atoms with van der Waals surface area (Å²) < 4.78 is 30.8. The third-order valence-corrected chi connectivity index (χ3v) is 6.96. The Morgan fingerprint density at radius 3 is 2.32 bits per heavy atom. The average molecular weight is 500 g/mol. The van der Waals surface area contributed by atoms with Gasteiger partial charge in [0.25, 0.3) is 5.91 Å². The topological polar surface area (TPSA) is 110 Å². The van der Waals surface area contributed by atoms with Crippen LogP contribution in [0.25, 0.3) is 11.1 Å². The maximum Gasteiger partial charge on any atom is 0.339 e. The predicted octanol–water partition coefficient (Wildman–Crippen LogP) is 4.37. The number of carbonyl (C=O) groups excluding carboxylic acids is 1. The van der Waals surface area contributed by atoms with Gasteiger partial charge in [-0.15, -0.1) is 0 Å². The zero-order chi connectivity index (χ0) is 24.7. The Bertz CT molecular complexity index is 1260. The Hall–Kier alpha value is -3.30. The zero-order valence-corrected chi connectivity index (χ0v) is 20.4. The number of benzene rings is 3. The fourth-order valence-electron chi connectivity index (χ4n) is 3.24. The molecule has 0 fully saturated rings. The van der Waals surface area contributed by atoms with E-state index in [1.165, 1.54) is 42.1 Å². The van der Waals surface area contributed by atoms with Crippen LogP contribution in [0, 0.1) is 6.92 Å². The molecular weight excluding hydrogens is 474 g/mol. The third kappa shape index (κ3) is 6.39. The number of carboxylic acid groups (broad SMARTS) is 1. The van der Waals surface area contributed by atoms with E-state index in [0.29, 0.717) is 16.9 Å². The van der Waals surface area contributed by atoms with Crippen LogP contribution in [0.15, 0.2) is 77.7 Å². The summed E-state index contributed by atoms with van der Waals surface area (Å²) in [4.78, 5) is 24.6. The number of aliphatic carboxylic acids is 1. The van der Waals surface area contributed by atoms with Crippen LogP contribution in [0.5, 0.6) is 5.75 Å². The second-order valence-electron chi connectivity index (χ2n) is 7.57. The molecule has 0 spiro atoms. The fraction of sp³-hybridized carbons (Fsp3) is 0.200. The van der Waals surface area contributed by atoms with Gasteiger partial charge in [0, 0.05) is 5.56 Å². The van der Waals surface area contributed by atoms with E-state index in [2.05, 4.69) is 5.32 Å². The van der Waals surface area contributed by atoms with Crippen molar-refractivity contribution in [3.63, 3.8) is 0 Å². The minimum atomic E-state index is -4.08. The van der Waals surface area contributed by atoms with Crippen LogP contribution >= 0.6 is 11.8 Å². The lowest BCUT2D eigenvalue weighted by Crippen LogP contribution is -2.41. The van der Waals surface area contributed by atoms with Crippen molar-refractivity contribution in [2.45, 2.75) is 24.3 Å². The van der Waals surface area contributed by atoms with Crippen molar-refractivity contribution in [1.82, 2.24) is 5.32 Å². The summed E-state index contributed by atoms with van der Waals surface area (Å²) in [5.41, 5.74) is 2.20. The van der Waals surface area contributed by atoms with E-state index in [4.69, 9.17) is 4.18 Å². The van der Waals surface area contributed by atoms with E-state index < -0.39 is 28.0 Å². The highest BCUT2D eigenvalue weighted by Gasteiger charge is 2.23. The minimum Gasteiger partial charge on any atom is -0.480 e. The summed E-state index contributed by atoms with van der Waals surface area (Å²) in [6.45, 7) is 1.85. The van der Waals surface area contributed by atoms with Crippen LogP contribution in [-0.4, -0.2) is 43.5 Å². The minimum absolute atomic E-state index is 0.0132. The van der Waals surface area contributed by atoms with Gasteiger partial charge in [0.2, 0.25) is 0 Å². The monoisotopic (exact) mass is 499 g/mol. The van der Waals surface area contributed by atoms with Gasteiger partial charge < -0.3 is 14.6 Å². The van der Waals surface area contributed by atoms with Crippen LogP contribution in [-0.2, 0) is 14.9 Å². The Morgan fingerprint density at radius 1 is 1.03 bits per heavy atom. The molecule has 0 bridgehead atoms. The molecule has 0 saturated carbocycles. The molecule has 9 heteroatoms. The molecule has 0 aliphatic heterocycles. The van der Waals surface area contributed by atoms with E-state index in [1.54, 1.807) is 36.4 Å². The van der Waals surface area contributed by atoms with Crippen molar-refractivity contribution < 1.29 is 27.3 Å². The number of carbonyl (C=O) groups is 2. The molecule has 3 aromatic carbocycles. The van der Waals surface area contributed by atoms with E-state index in [9.17, 15) is 23.1 Å². The van der Waals surface area contributed by atoms with Gasteiger partial charge in [0.1, 0.15) is 16.7 Å². The lowest BCUT2D eigenvalue weighted by atomic mass is 9.98. The van der Waals surface area contributed by atoms with Crippen LogP contribution in [0.1, 0.15) is 22.3 Å². The number of nitrogens with one attached hydrogen (secondary N) is 1. The van der Waals surface area contributed by atoms with Gasteiger partial charge in [-0.05, 0) is 66.8 Å². The van der Waals surface area contributed by atoms with Gasteiger partial charge in [-0.1, -0.05) is 48.0 Å². The molecule has 0 radical (unpaired) electrons. The van der Waals surface area contributed by atoms with Gasteiger partial charge >= 0.3 is 16.1 Å². The average Bonchev–Trinajstić information content (AvgIpc) is 2.82. The summed E-state index contributed by atoms with van der Waals surface area (Å²) in [6, 6.07) is 18.4. The molecule has 0 aliphatic rings. The summed E-state index contributed by atoms with van der Waals surface area (Å²) in [6.07, 6.45) is 2.14. The highest BCUT2D eigenvalue weighted by molar-refractivity contribution is 7.98. The molecule has 178 valence electrons. The summed E-state index contributed by atoms with van der Waals surface area (Å²) in [7, 11) is -4.08. The number of carboxylic acids is 1. The van der Waals surface area contributed by atoms with Gasteiger partial charge in [0.15, 0.2) is 0 Å². The van der Waals surface area contributed by atoms with Crippen molar-refractivity contribution in [1.29, 1.82) is 0 Å². The number of hydrogen-bond acceptors (Lipinski definition) is 6. The Balaban J connectivity index is 1.96. The molecular formula is C25H25NO6S2. The van der Waals surface area contributed by atoms with Crippen molar-refractivity contribution in [3.05, 3.63) is 83.9 Å². The van der Waals surface area contributed by atoms with Gasteiger partial charge in [0.05, 0.1) is 0 Å². The van der Waals surface area contributed by atoms with Crippen LogP contribution in [0.3, 0.4) is 0 Å². The molecule has 0 unspecified atom stereocenters. The lowest BCUT2D eigenvalue weighted by Gasteiger charge is -2.17. The smallest absolute Gasteiger partial charge is 0.339 e. The molecule has 34 heavy (non-hydrogen) atoms. The van der Waals surface area contributed by atoms with Crippen LogP contribution < -0.4 is 9.50 Å².